The Morgan fingerprint density at radius 2 is 2.15 bits per heavy atom. The summed E-state index contributed by atoms with van der Waals surface area (Å²) >= 11 is 1.30. The van der Waals surface area contributed by atoms with Gasteiger partial charge in [-0.3, -0.25) is 9.48 Å². The number of carbonyl (C=O) groups excluding carboxylic acids is 1. The fourth-order valence-corrected chi connectivity index (χ4v) is 3.42. The lowest BCUT2D eigenvalue weighted by Gasteiger charge is -2.04. The number of amides is 1. The normalized spacial score (nSPS) is 10.8. The number of methoxy groups -OCH3 is 1. The van der Waals surface area contributed by atoms with Crippen LogP contribution in [-0.2, 0) is 18.3 Å². The average Bonchev–Trinajstić information content (AvgIpc) is 3.15. The highest BCUT2D eigenvalue weighted by molar-refractivity contribution is 7.14. The first-order valence-corrected chi connectivity index (χ1v) is 8.85. The van der Waals surface area contributed by atoms with Crippen molar-refractivity contribution >= 4 is 22.4 Å². The van der Waals surface area contributed by atoms with E-state index in [4.69, 9.17) is 4.74 Å². The summed E-state index contributed by atoms with van der Waals surface area (Å²) in [5.74, 6) is -0.433. The number of aromatic nitrogens is 3. The second kappa shape index (κ2) is 7.25. The van der Waals surface area contributed by atoms with Crippen molar-refractivity contribution in [1.29, 1.82) is 0 Å². The Hall–Kier alpha value is -2.74. The van der Waals surface area contributed by atoms with Crippen LogP contribution in [0.1, 0.15) is 17.0 Å². The van der Waals surface area contributed by atoms with E-state index < -0.39 is 5.82 Å². The molecule has 3 aromatic rings. The number of rotatable bonds is 5. The summed E-state index contributed by atoms with van der Waals surface area (Å²) in [6.45, 7) is 3.82. The quantitative estimate of drug-likeness (QED) is 0.742. The highest BCUT2D eigenvalue weighted by Gasteiger charge is 2.15. The van der Waals surface area contributed by atoms with E-state index in [9.17, 15) is 9.18 Å². The van der Waals surface area contributed by atoms with Crippen LogP contribution < -0.4 is 10.1 Å². The molecule has 3 rings (SSSR count). The number of aryl methyl sites for hydroxylation is 2. The van der Waals surface area contributed by atoms with Gasteiger partial charge in [-0.05, 0) is 32.0 Å². The highest BCUT2D eigenvalue weighted by atomic mass is 32.1. The van der Waals surface area contributed by atoms with Gasteiger partial charge in [-0.15, -0.1) is 11.3 Å². The van der Waals surface area contributed by atoms with E-state index in [1.165, 1.54) is 24.5 Å². The fraction of sp³-hybridized carbons (Fsp3) is 0.278. The summed E-state index contributed by atoms with van der Waals surface area (Å²) in [5, 5.41) is 9.36. The third-order valence-electron chi connectivity index (χ3n) is 4.19. The molecule has 0 atom stereocenters. The van der Waals surface area contributed by atoms with Gasteiger partial charge < -0.3 is 10.1 Å². The minimum atomic E-state index is -0.453. The zero-order chi connectivity index (χ0) is 18.8. The summed E-state index contributed by atoms with van der Waals surface area (Å²) in [4.78, 5) is 16.7. The van der Waals surface area contributed by atoms with Crippen molar-refractivity contribution in [2.45, 2.75) is 20.3 Å². The van der Waals surface area contributed by atoms with E-state index in [-0.39, 0.29) is 18.1 Å². The van der Waals surface area contributed by atoms with Gasteiger partial charge in [0.2, 0.25) is 5.91 Å². The lowest BCUT2D eigenvalue weighted by molar-refractivity contribution is -0.115. The van der Waals surface area contributed by atoms with Crippen LogP contribution in [0, 0.1) is 19.7 Å². The van der Waals surface area contributed by atoms with Crippen molar-refractivity contribution in [3.05, 3.63) is 46.3 Å². The first kappa shape index (κ1) is 18.1. The molecule has 1 amide bonds. The van der Waals surface area contributed by atoms with Crippen molar-refractivity contribution < 1.29 is 13.9 Å². The molecule has 6 nitrogen and oxygen atoms in total. The topological polar surface area (TPSA) is 69.0 Å². The molecule has 1 aromatic carbocycles. The van der Waals surface area contributed by atoms with E-state index in [0.29, 0.717) is 16.4 Å². The summed E-state index contributed by atoms with van der Waals surface area (Å²) in [5.41, 5.74) is 3.94. The van der Waals surface area contributed by atoms with Crippen LogP contribution in [0.2, 0.25) is 0 Å². The van der Waals surface area contributed by atoms with Gasteiger partial charge in [0.1, 0.15) is 0 Å². The molecule has 0 spiro atoms. The molecule has 0 saturated heterocycles. The molecule has 1 N–H and O–H groups in total. The molecule has 0 fully saturated rings. The lowest BCUT2D eigenvalue weighted by atomic mass is 10.1. The number of ether oxygens (including phenoxy) is 1. The average molecular weight is 374 g/mol. The van der Waals surface area contributed by atoms with Gasteiger partial charge in [-0.1, -0.05) is 0 Å². The predicted molar refractivity (Wildman–Crippen MR) is 99.1 cm³/mol. The van der Waals surface area contributed by atoms with Gasteiger partial charge in [0.25, 0.3) is 0 Å². The molecule has 2 heterocycles. The molecular weight excluding hydrogens is 355 g/mol. The van der Waals surface area contributed by atoms with Gasteiger partial charge in [0, 0.05) is 29.2 Å². The Labute approximate surface area is 154 Å². The molecular formula is C18H19FN4O2S. The van der Waals surface area contributed by atoms with Crippen molar-refractivity contribution in [2.24, 2.45) is 7.05 Å². The summed E-state index contributed by atoms with van der Waals surface area (Å²) in [7, 11) is 3.27. The van der Waals surface area contributed by atoms with E-state index in [1.807, 2.05) is 20.9 Å². The smallest absolute Gasteiger partial charge is 0.230 e. The van der Waals surface area contributed by atoms with E-state index in [1.54, 1.807) is 22.2 Å². The Bertz CT molecular complexity index is 964. The van der Waals surface area contributed by atoms with Crippen molar-refractivity contribution in [2.75, 3.05) is 12.4 Å². The van der Waals surface area contributed by atoms with Crippen LogP contribution in [0.15, 0.2) is 23.6 Å². The maximum absolute atomic E-state index is 13.8. The summed E-state index contributed by atoms with van der Waals surface area (Å²) in [6.07, 6.45) is 0.234. The first-order valence-electron chi connectivity index (χ1n) is 7.97. The van der Waals surface area contributed by atoms with Crippen LogP contribution in [0.25, 0.3) is 11.3 Å². The molecule has 2 aromatic heterocycles. The lowest BCUT2D eigenvalue weighted by Crippen LogP contribution is -2.15. The first-order chi connectivity index (χ1) is 12.4. The number of thiazole rings is 1. The maximum Gasteiger partial charge on any atom is 0.230 e. The molecule has 0 unspecified atom stereocenters. The van der Waals surface area contributed by atoms with E-state index >= 15 is 0 Å². The standard InChI is InChI=1S/C18H19FN4O2S/c1-10-13(11(2)23(3)22-10)8-17(24)21-18-20-15(9-26-18)12-5-6-16(25-4)14(19)7-12/h5-7,9H,8H2,1-4H3,(H,20,21,24). The molecule has 0 aliphatic carbocycles. The number of anilines is 1. The molecule has 0 saturated carbocycles. The molecule has 26 heavy (non-hydrogen) atoms. The Morgan fingerprint density at radius 3 is 2.77 bits per heavy atom. The molecule has 0 aliphatic rings. The molecule has 136 valence electrons. The van der Waals surface area contributed by atoms with E-state index in [0.717, 1.165) is 17.0 Å². The number of benzene rings is 1. The monoisotopic (exact) mass is 374 g/mol. The third-order valence-corrected chi connectivity index (χ3v) is 4.95. The van der Waals surface area contributed by atoms with Gasteiger partial charge in [-0.2, -0.15) is 5.10 Å². The number of hydrogen-bond acceptors (Lipinski definition) is 5. The minimum absolute atomic E-state index is 0.161. The Morgan fingerprint density at radius 1 is 1.38 bits per heavy atom. The highest BCUT2D eigenvalue weighted by Crippen LogP contribution is 2.28. The molecule has 0 bridgehead atoms. The van der Waals surface area contributed by atoms with Crippen LogP contribution in [0.3, 0.4) is 0 Å². The van der Waals surface area contributed by atoms with E-state index in [2.05, 4.69) is 15.4 Å². The van der Waals surface area contributed by atoms with Crippen molar-refractivity contribution in [3.8, 4) is 17.0 Å². The Balaban J connectivity index is 1.72. The number of nitrogens with one attached hydrogen (secondary N) is 1. The number of halogens is 1. The molecule has 8 heteroatoms. The van der Waals surface area contributed by atoms with Gasteiger partial charge >= 0.3 is 0 Å². The van der Waals surface area contributed by atoms with Crippen LogP contribution in [0.5, 0.6) is 5.75 Å². The summed E-state index contributed by atoms with van der Waals surface area (Å²) in [6, 6.07) is 4.64. The predicted octanol–water partition coefficient (Wildman–Crippen LogP) is 3.49. The summed E-state index contributed by atoms with van der Waals surface area (Å²) < 4.78 is 20.5. The second-order valence-electron chi connectivity index (χ2n) is 5.89. The van der Waals surface area contributed by atoms with Gasteiger partial charge in [-0.25, -0.2) is 9.37 Å². The molecule has 0 radical (unpaired) electrons. The largest absolute Gasteiger partial charge is 0.494 e. The van der Waals surface area contributed by atoms with Gasteiger partial charge in [0.15, 0.2) is 16.7 Å². The third kappa shape index (κ3) is 3.60. The fourth-order valence-electron chi connectivity index (χ4n) is 2.69. The van der Waals surface area contributed by atoms with Crippen molar-refractivity contribution in [3.63, 3.8) is 0 Å². The zero-order valence-corrected chi connectivity index (χ0v) is 15.8. The van der Waals surface area contributed by atoms with Crippen LogP contribution in [0.4, 0.5) is 9.52 Å². The maximum atomic E-state index is 13.8. The van der Waals surface area contributed by atoms with Gasteiger partial charge in [0.05, 0.1) is 24.9 Å². The Kier molecular flexibility index (Phi) is 5.03. The molecule has 0 aliphatic heterocycles. The number of hydrogen-bond donors (Lipinski definition) is 1. The number of nitrogens with zero attached hydrogens (tertiary/aromatic N) is 3. The minimum Gasteiger partial charge on any atom is -0.494 e. The SMILES string of the molecule is COc1ccc(-c2csc(NC(=O)Cc3c(C)nn(C)c3C)n2)cc1F. The number of carbonyl (C=O) groups is 1. The van der Waals surface area contributed by atoms with Crippen LogP contribution >= 0.6 is 11.3 Å². The van der Waals surface area contributed by atoms with Crippen LogP contribution in [-0.4, -0.2) is 27.8 Å². The second-order valence-corrected chi connectivity index (χ2v) is 6.74. The van der Waals surface area contributed by atoms with Crippen molar-refractivity contribution in [1.82, 2.24) is 14.8 Å². The zero-order valence-electron chi connectivity index (χ0n) is 15.0.